The summed E-state index contributed by atoms with van der Waals surface area (Å²) in [5.41, 5.74) is 0.122. The standard InChI is InChI=1S/C13H8Cl2O5S2/c14-21(17,18)11-5-1-3-9(7-11)13(16)10-4-2-6-12(8-10)22(15,19)20/h1-8H. The van der Waals surface area contributed by atoms with Gasteiger partial charge in [0.15, 0.2) is 5.78 Å². The number of carbonyl (C=O) groups is 1. The van der Waals surface area contributed by atoms with E-state index in [1.54, 1.807) is 0 Å². The van der Waals surface area contributed by atoms with E-state index in [0.29, 0.717) is 0 Å². The first-order valence-corrected chi connectivity index (χ1v) is 10.3. The third kappa shape index (κ3) is 3.86. The third-order valence-corrected chi connectivity index (χ3v) is 5.46. The first-order chi connectivity index (χ1) is 10.1. The fourth-order valence-electron chi connectivity index (χ4n) is 1.74. The van der Waals surface area contributed by atoms with Crippen molar-refractivity contribution in [2.45, 2.75) is 9.79 Å². The van der Waals surface area contributed by atoms with E-state index in [4.69, 9.17) is 21.4 Å². The number of halogens is 2. The molecule has 2 aromatic carbocycles. The molecule has 0 radical (unpaired) electrons. The minimum absolute atomic E-state index is 0.0610. The molecule has 0 heterocycles. The van der Waals surface area contributed by atoms with Gasteiger partial charge in [0.25, 0.3) is 18.1 Å². The van der Waals surface area contributed by atoms with Crippen LogP contribution < -0.4 is 0 Å². The molecule has 0 spiro atoms. The molecule has 2 aromatic rings. The second-order valence-electron chi connectivity index (χ2n) is 4.26. The second kappa shape index (κ2) is 6.00. The molecule has 116 valence electrons. The van der Waals surface area contributed by atoms with Crippen LogP contribution >= 0.6 is 21.4 Å². The predicted octanol–water partition coefficient (Wildman–Crippen LogP) is 2.77. The number of ketones is 1. The Hall–Kier alpha value is -1.41. The van der Waals surface area contributed by atoms with Crippen LogP contribution in [-0.2, 0) is 18.1 Å². The van der Waals surface area contributed by atoms with Gasteiger partial charge in [-0.25, -0.2) is 16.8 Å². The molecular formula is C13H8Cl2O5S2. The van der Waals surface area contributed by atoms with E-state index in [1.807, 2.05) is 0 Å². The highest BCUT2D eigenvalue weighted by atomic mass is 35.7. The van der Waals surface area contributed by atoms with Gasteiger partial charge < -0.3 is 0 Å². The predicted molar refractivity (Wildman–Crippen MR) is 82.4 cm³/mol. The fourth-order valence-corrected chi connectivity index (χ4v) is 3.34. The molecular weight excluding hydrogens is 371 g/mol. The van der Waals surface area contributed by atoms with Crippen molar-refractivity contribution >= 4 is 45.2 Å². The normalized spacial score (nSPS) is 12.1. The van der Waals surface area contributed by atoms with Gasteiger partial charge in [-0.3, -0.25) is 4.79 Å². The van der Waals surface area contributed by atoms with E-state index >= 15 is 0 Å². The maximum Gasteiger partial charge on any atom is 0.261 e. The molecule has 0 bridgehead atoms. The quantitative estimate of drug-likeness (QED) is 0.602. The van der Waals surface area contributed by atoms with Gasteiger partial charge in [0.1, 0.15) is 0 Å². The molecule has 0 aliphatic carbocycles. The summed E-state index contributed by atoms with van der Waals surface area (Å²) in [6, 6.07) is 10.3. The summed E-state index contributed by atoms with van der Waals surface area (Å²) in [5.74, 6) is -0.552. The monoisotopic (exact) mass is 378 g/mol. The summed E-state index contributed by atoms with van der Waals surface area (Å²) >= 11 is 0. The minimum Gasteiger partial charge on any atom is -0.289 e. The maximum atomic E-state index is 12.3. The van der Waals surface area contributed by atoms with Gasteiger partial charge in [-0.05, 0) is 24.3 Å². The Balaban J connectivity index is 2.50. The van der Waals surface area contributed by atoms with E-state index in [1.165, 1.54) is 36.4 Å². The van der Waals surface area contributed by atoms with Crippen molar-refractivity contribution in [2.75, 3.05) is 0 Å². The van der Waals surface area contributed by atoms with Crippen LogP contribution in [0.15, 0.2) is 58.3 Å². The minimum atomic E-state index is -3.97. The summed E-state index contributed by atoms with van der Waals surface area (Å²) in [4.78, 5) is 11.9. The largest absolute Gasteiger partial charge is 0.289 e. The zero-order chi connectivity index (χ0) is 16.5. The van der Waals surface area contributed by atoms with Crippen molar-refractivity contribution in [3.8, 4) is 0 Å². The SMILES string of the molecule is O=C(c1cccc(S(=O)(=O)Cl)c1)c1cccc(S(=O)(=O)Cl)c1. The Morgan fingerprint density at radius 1 is 0.727 bits per heavy atom. The molecule has 0 atom stereocenters. The molecule has 0 aromatic heterocycles. The molecule has 0 aliphatic rings. The van der Waals surface area contributed by atoms with E-state index in [2.05, 4.69) is 0 Å². The second-order valence-corrected chi connectivity index (χ2v) is 9.39. The molecule has 0 amide bonds. The Kier molecular flexibility index (Phi) is 4.62. The Labute approximate surface area is 136 Å². The summed E-state index contributed by atoms with van der Waals surface area (Å²) in [6.07, 6.45) is 0. The molecule has 0 fully saturated rings. The number of benzene rings is 2. The highest BCUT2D eigenvalue weighted by Gasteiger charge is 2.17. The molecule has 22 heavy (non-hydrogen) atoms. The van der Waals surface area contributed by atoms with Crippen LogP contribution in [0.1, 0.15) is 15.9 Å². The lowest BCUT2D eigenvalue weighted by atomic mass is 10.0. The van der Waals surface area contributed by atoms with Gasteiger partial charge in [0.05, 0.1) is 9.79 Å². The number of hydrogen-bond donors (Lipinski definition) is 0. The van der Waals surface area contributed by atoms with Gasteiger partial charge in [0, 0.05) is 32.5 Å². The number of hydrogen-bond acceptors (Lipinski definition) is 5. The number of rotatable bonds is 4. The Morgan fingerprint density at radius 3 is 1.41 bits per heavy atom. The summed E-state index contributed by atoms with van der Waals surface area (Å²) < 4.78 is 45.1. The van der Waals surface area contributed by atoms with E-state index in [0.717, 1.165) is 12.1 Å². The highest BCUT2D eigenvalue weighted by Crippen LogP contribution is 2.21. The summed E-state index contributed by atoms with van der Waals surface area (Å²) in [5, 5.41) is 0. The van der Waals surface area contributed by atoms with E-state index in [9.17, 15) is 21.6 Å². The first-order valence-electron chi connectivity index (χ1n) is 5.73. The molecule has 5 nitrogen and oxygen atoms in total. The Morgan fingerprint density at radius 2 is 1.09 bits per heavy atom. The van der Waals surface area contributed by atoms with Gasteiger partial charge in [-0.15, -0.1) is 0 Å². The average Bonchev–Trinajstić information content (AvgIpc) is 2.45. The smallest absolute Gasteiger partial charge is 0.261 e. The van der Waals surface area contributed by atoms with Crippen LogP contribution in [0.3, 0.4) is 0 Å². The molecule has 0 saturated heterocycles. The van der Waals surface area contributed by atoms with Crippen LogP contribution in [0, 0.1) is 0 Å². The molecule has 9 heteroatoms. The maximum absolute atomic E-state index is 12.3. The van der Waals surface area contributed by atoms with Gasteiger partial charge in [-0.2, -0.15) is 0 Å². The van der Waals surface area contributed by atoms with Crippen LogP contribution in [0.5, 0.6) is 0 Å². The fraction of sp³-hybridized carbons (Fsp3) is 0. The average molecular weight is 379 g/mol. The summed E-state index contributed by atoms with van der Waals surface area (Å²) in [7, 11) is 2.52. The van der Waals surface area contributed by atoms with Gasteiger partial charge >= 0.3 is 0 Å². The lowest BCUT2D eigenvalue weighted by Crippen LogP contribution is -2.04. The lowest BCUT2D eigenvalue weighted by molar-refractivity contribution is 0.103. The summed E-state index contributed by atoms with van der Waals surface area (Å²) in [6.45, 7) is 0. The molecule has 2 rings (SSSR count). The molecule has 0 N–H and O–H groups in total. The van der Waals surface area contributed by atoms with Crippen molar-refractivity contribution in [1.29, 1.82) is 0 Å². The number of carbonyl (C=O) groups excluding carboxylic acids is 1. The third-order valence-electron chi connectivity index (χ3n) is 2.76. The van der Waals surface area contributed by atoms with Gasteiger partial charge in [-0.1, -0.05) is 24.3 Å². The van der Waals surface area contributed by atoms with Crippen molar-refractivity contribution in [1.82, 2.24) is 0 Å². The van der Waals surface area contributed by atoms with Gasteiger partial charge in [0.2, 0.25) is 0 Å². The van der Waals surface area contributed by atoms with E-state index < -0.39 is 23.9 Å². The van der Waals surface area contributed by atoms with Crippen LogP contribution in [0.4, 0.5) is 0 Å². The zero-order valence-corrected chi connectivity index (χ0v) is 13.9. The van der Waals surface area contributed by atoms with Crippen molar-refractivity contribution in [3.05, 3.63) is 59.7 Å². The van der Waals surface area contributed by atoms with Crippen LogP contribution in [0.2, 0.25) is 0 Å². The molecule has 0 saturated carbocycles. The molecule has 0 aliphatic heterocycles. The highest BCUT2D eigenvalue weighted by molar-refractivity contribution is 8.14. The van der Waals surface area contributed by atoms with Crippen molar-refractivity contribution < 1.29 is 21.6 Å². The first kappa shape index (κ1) is 17.0. The lowest BCUT2D eigenvalue weighted by Gasteiger charge is -2.04. The van der Waals surface area contributed by atoms with Crippen LogP contribution in [-0.4, -0.2) is 22.6 Å². The van der Waals surface area contributed by atoms with Crippen LogP contribution in [0.25, 0.3) is 0 Å². The van der Waals surface area contributed by atoms with Crippen molar-refractivity contribution in [2.24, 2.45) is 0 Å². The van der Waals surface area contributed by atoms with Crippen molar-refractivity contribution in [3.63, 3.8) is 0 Å². The van der Waals surface area contributed by atoms with E-state index in [-0.39, 0.29) is 20.9 Å². The Bertz CT molecular complexity index is 872. The molecule has 0 unspecified atom stereocenters. The zero-order valence-electron chi connectivity index (χ0n) is 10.7. The topological polar surface area (TPSA) is 85.3 Å².